The molecule has 0 amide bonds. The third-order valence-corrected chi connectivity index (χ3v) is 6.47. The van der Waals surface area contributed by atoms with Crippen LogP contribution in [0.15, 0.2) is 77.7 Å². The highest BCUT2D eigenvalue weighted by atomic mass is 32.2. The maximum absolute atomic E-state index is 12.7. The number of rotatable bonds is 5. The molecule has 0 aliphatic rings. The van der Waals surface area contributed by atoms with E-state index in [0.717, 1.165) is 40.6 Å². The lowest BCUT2D eigenvalue weighted by molar-refractivity contribution is -0.0436. The molecule has 33 heavy (non-hydrogen) atoms. The Bertz CT molecular complexity index is 1440. The molecule has 0 unspecified atom stereocenters. The van der Waals surface area contributed by atoms with E-state index in [-0.39, 0.29) is 11.4 Å². The summed E-state index contributed by atoms with van der Waals surface area (Å²) >= 11 is 0. The summed E-state index contributed by atoms with van der Waals surface area (Å²) in [7, 11) is -5.50. The summed E-state index contributed by atoms with van der Waals surface area (Å²) in [6.07, 6.45) is 0. The van der Waals surface area contributed by atoms with E-state index in [2.05, 4.69) is 5.10 Å². The summed E-state index contributed by atoms with van der Waals surface area (Å²) in [4.78, 5) is 11.6. The Labute approximate surface area is 187 Å². The highest BCUT2D eigenvalue weighted by Crippen LogP contribution is 2.30. The maximum atomic E-state index is 12.7. The van der Waals surface area contributed by atoms with Gasteiger partial charge in [0.25, 0.3) is 9.84 Å². The summed E-state index contributed by atoms with van der Waals surface area (Å²) in [6.45, 7) is 2.05. The van der Waals surface area contributed by atoms with E-state index in [1.54, 1.807) is 13.0 Å². The van der Waals surface area contributed by atoms with Crippen LogP contribution in [0.4, 0.5) is 13.2 Å². The standard InChI is InChI=1S/C23H17F3N2O4S/c1-15-13-21(28(27-15)14-18-7-4-6-16-5-2-3-8-20(16)18)32-22(29)17-9-11-19(12-10-17)33(30,31)23(24,25)26/h2-13H,14H2,1H3. The van der Waals surface area contributed by atoms with Crippen molar-refractivity contribution in [2.24, 2.45) is 0 Å². The van der Waals surface area contributed by atoms with Crippen molar-refractivity contribution >= 4 is 26.6 Å². The van der Waals surface area contributed by atoms with Crippen molar-refractivity contribution in [1.82, 2.24) is 9.78 Å². The van der Waals surface area contributed by atoms with Gasteiger partial charge in [0.1, 0.15) is 0 Å². The first kappa shape index (κ1) is 22.5. The van der Waals surface area contributed by atoms with Gasteiger partial charge in [-0.1, -0.05) is 42.5 Å². The van der Waals surface area contributed by atoms with Crippen molar-refractivity contribution in [1.29, 1.82) is 0 Å². The first-order valence-corrected chi connectivity index (χ1v) is 11.2. The average molecular weight is 474 g/mol. The number of nitrogens with zero attached hydrogens (tertiary/aromatic N) is 2. The van der Waals surface area contributed by atoms with Crippen molar-refractivity contribution in [2.45, 2.75) is 23.9 Å². The van der Waals surface area contributed by atoms with Crippen molar-refractivity contribution in [3.05, 3.63) is 89.6 Å². The highest BCUT2D eigenvalue weighted by Gasteiger charge is 2.46. The molecule has 170 valence electrons. The molecule has 0 fully saturated rings. The minimum Gasteiger partial charge on any atom is -0.404 e. The third kappa shape index (κ3) is 4.47. The van der Waals surface area contributed by atoms with Gasteiger partial charge in [0, 0.05) is 6.07 Å². The van der Waals surface area contributed by atoms with Gasteiger partial charge in [-0.2, -0.15) is 18.3 Å². The molecule has 0 saturated heterocycles. The zero-order chi connectivity index (χ0) is 23.8. The number of hydrogen-bond donors (Lipinski definition) is 0. The predicted octanol–water partition coefficient (Wildman–Crippen LogP) is 4.91. The van der Waals surface area contributed by atoms with E-state index in [1.165, 1.54) is 4.68 Å². The van der Waals surface area contributed by atoms with Crippen LogP contribution in [0.3, 0.4) is 0 Å². The lowest BCUT2D eigenvalue weighted by Gasteiger charge is -2.11. The molecule has 3 aromatic carbocycles. The number of fused-ring (bicyclic) bond motifs is 1. The highest BCUT2D eigenvalue weighted by molar-refractivity contribution is 7.92. The van der Waals surface area contributed by atoms with Crippen molar-refractivity contribution in [2.75, 3.05) is 0 Å². The minimum atomic E-state index is -5.50. The number of benzene rings is 3. The minimum absolute atomic E-state index is 0.105. The summed E-state index contributed by atoms with van der Waals surface area (Å²) in [5, 5.41) is 6.44. The van der Waals surface area contributed by atoms with Gasteiger partial charge in [0.05, 0.1) is 22.7 Å². The van der Waals surface area contributed by atoms with Gasteiger partial charge in [-0.05, 0) is 47.5 Å². The molecule has 0 N–H and O–H groups in total. The number of ether oxygens (including phenoxy) is 1. The number of aromatic nitrogens is 2. The van der Waals surface area contributed by atoms with E-state index < -0.39 is 26.2 Å². The predicted molar refractivity (Wildman–Crippen MR) is 115 cm³/mol. The van der Waals surface area contributed by atoms with Gasteiger partial charge >= 0.3 is 11.5 Å². The van der Waals surface area contributed by atoms with E-state index in [1.807, 2.05) is 42.5 Å². The lowest BCUT2D eigenvalue weighted by Crippen LogP contribution is -2.23. The number of alkyl halides is 3. The Morgan fingerprint density at radius 2 is 1.67 bits per heavy atom. The third-order valence-electron chi connectivity index (χ3n) is 4.97. The van der Waals surface area contributed by atoms with Gasteiger partial charge in [-0.3, -0.25) is 0 Å². The second kappa shape index (κ2) is 8.36. The SMILES string of the molecule is Cc1cc(OC(=O)c2ccc(S(=O)(=O)C(F)(F)F)cc2)n(Cc2cccc3ccccc23)n1. The van der Waals surface area contributed by atoms with Crippen LogP contribution in [0.5, 0.6) is 5.88 Å². The molecule has 10 heteroatoms. The van der Waals surface area contributed by atoms with Crippen LogP contribution in [0, 0.1) is 6.92 Å². The zero-order valence-corrected chi connectivity index (χ0v) is 18.0. The molecule has 0 spiro atoms. The Balaban J connectivity index is 1.57. The smallest absolute Gasteiger partial charge is 0.404 e. The number of sulfone groups is 1. The molecule has 4 aromatic rings. The lowest BCUT2D eigenvalue weighted by atomic mass is 10.0. The van der Waals surface area contributed by atoms with Crippen LogP contribution in [0.2, 0.25) is 0 Å². The van der Waals surface area contributed by atoms with Gasteiger partial charge in [-0.25, -0.2) is 17.9 Å². The fourth-order valence-corrected chi connectivity index (χ4v) is 4.13. The van der Waals surface area contributed by atoms with Gasteiger partial charge in [0.15, 0.2) is 0 Å². The number of halogens is 3. The van der Waals surface area contributed by atoms with Crippen LogP contribution < -0.4 is 4.74 Å². The Kier molecular flexibility index (Phi) is 5.71. The van der Waals surface area contributed by atoms with Crippen LogP contribution in [0.1, 0.15) is 21.6 Å². The summed E-state index contributed by atoms with van der Waals surface area (Å²) in [5.41, 5.74) is -3.98. The molecule has 0 saturated carbocycles. The first-order chi connectivity index (χ1) is 15.6. The zero-order valence-electron chi connectivity index (χ0n) is 17.2. The Hall–Kier alpha value is -3.66. The average Bonchev–Trinajstić information content (AvgIpc) is 3.11. The quantitative estimate of drug-likeness (QED) is 0.384. The van der Waals surface area contributed by atoms with Crippen LogP contribution in [-0.4, -0.2) is 29.7 Å². The van der Waals surface area contributed by atoms with Crippen LogP contribution >= 0.6 is 0 Å². The molecule has 6 nitrogen and oxygen atoms in total. The van der Waals surface area contributed by atoms with Crippen molar-refractivity contribution in [3.63, 3.8) is 0 Å². The molecule has 0 radical (unpaired) electrons. The maximum Gasteiger partial charge on any atom is 0.501 e. The summed E-state index contributed by atoms with van der Waals surface area (Å²) in [6, 6.07) is 18.6. The second-order valence-electron chi connectivity index (χ2n) is 7.28. The Morgan fingerprint density at radius 1 is 1.00 bits per heavy atom. The van der Waals surface area contributed by atoms with Crippen molar-refractivity contribution < 1.29 is 31.1 Å². The number of esters is 1. The largest absolute Gasteiger partial charge is 0.501 e. The van der Waals surface area contributed by atoms with Crippen molar-refractivity contribution in [3.8, 4) is 5.88 Å². The van der Waals surface area contributed by atoms with Gasteiger partial charge < -0.3 is 4.74 Å². The summed E-state index contributed by atoms with van der Waals surface area (Å²) < 4.78 is 68.0. The molecular weight excluding hydrogens is 457 g/mol. The van der Waals surface area contributed by atoms with Crippen LogP contribution in [0.25, 0.3) is 10.8 Å². The van der Waals surface area contributed by atoms with E-state index in [4.69, 9.17) is 4.74 Å². The topological polar surface area (TPSA) is 78.3 Å². The number of carbonyl (C=O) groups excluding carboxylic acids is 1. The van der Waals surface area contributed by atoms with Gasteiger partial charge in [0.2, 0.25) is 5.88 Å². The number of aryl methyl sites for hydroxylation is 1. The van der Waals surface area contributed by atoms with Crippen LogP contribution in [-0.2, 0) is 16.4 Å². The van der Waals surface area contributed by atoms with Gasteiger partial charge in [-0.15, -0.1) is 0 Å². The molecule has 1 heterocycles. The van der Waals surface area contributed by atoms with E-state index >= 15 is 0 Å². The fourth-order valence-electron chi connectivity index (χ4n) is 3.37. The molecular formula is C23H17F3N2O4S. The first-order valence-electron chi connectivity index (χ1n) is 9.71. The molecule has 0 atom stereocenters. The normalized spacial score (nSPS) is 12.1. The Morgan fingerprint density at radius 3 is 2.36 bits per heavy atom. The number of hydrogen-bond acceptors (Lipinski definition) is 5. The molecule has 0 aliphatic carbocycles. The molecule has 0 bridgehead atoms. The molecule has 0 aliphatic heterocycles. The number of carbonyl (C=O) groups is 1. The monoisotopic (exact) mass is 474 g/mol. The molecule has 1 aromatic heterocycles. The second-order valence-corrected chi connectivity index (χ2v) is 9.22. The fraction of sp³-hybridized carbons (Fsp3) is 0.130. The molecule has 4 rings (SSSR count). The summed E-state index contributed by atoms with van der Waals surface area (Å²) in [5.74, 6) is -0.706. The van der Waals surface area contributed by atoms with E-state index in [0.29, 0.717) is 12.2 Å². The van der Waals surface area contributed by atoms with E-state index in [9.17, 15) is 26.4 Å².